The second kappa shape index (κ2) is 3.10. The molecule has 1 aliphatic heterocycles. The number of hydrogen-bond acceptors (Lipinski definition) is 5. The minimum Gasteiger partial charge on any atom is -0.457 e. The number of cyclic esters (lactones) is 1. The third-order valence-corrected chi connectivity index (χ3v) is 1.62. The van der Waals surface area contributed by atoms with Crippen molar-refractivity contribution < 1.29 is 24.2 Å². The third-order valence-electron chi connectivity index (χ3n) is 1.62. The molecule has 5 heteroatoms. The first-order valence-electron chi connectivity index (χ1n) is 3.58. The van der Waals surface area contributed by atoms with Crippen LogP contribution in [-0.2, 0) is 19.1 Å². The molecule has 3 unspecified atom stereocenters. The van der Waals surface area contributed by atoms with E-state index in [0.717, 1.165) is 0 Å². The van der Waals surface area contributed by atoms with E-state index in [9.17, 15) is 9.59 Å². The SMILES string of the molecule is CC(=O)OC1C(C)OC(=O)C1O. The summed E-state index contributed by atoms with van der Waals surface area (Å²) in [6, 6.07) is 0. The molecule has 1 rings (SSSR count). The molecule has 0 aromatic heterocycles. The number of hydrogen-bond donors (Lipinski definition) is 1. The van der Waals surface area contributed by atoms with Crippen LogP contribution in [0.5, 0.6) is 0 Å². The van der Waals surface area contributed by atoms with Crippen molar-refractivity contribution in [2.75, 3.05) is 0 Å². The van der Waals surface area contributed by atoms with Gasteiger partial charge in [0.15, 0.2) is 12.2 Å². The van der Waals surface area contributed by atoms with Crippen LogP contribution in [0.15, 0.2) is 0 Å². The molecular weight excluding hydrogens is 164 g/mol. The summed E-state index contributed by atoms with van der Waals surface area (Å²) in [6.07, 6.45) is -2.78. The molecule has 0 aromatic rings. The third kappa shape index (κ3) is 1.55. The van der Waals surface area contributed by atoms with Crippen molar-refractivity contribution in [3.63, 3.8) is 0 Å². The van der Waals surface area contributed by atoms with Gasteiger partial charge in [0.2, 0.25) is 0 Å². The zero-order valence-corrected chi connectivity index (χ0v) is 6.81. The van der Waals surface area contributed by atoms with Gasteiger partial charge in [-0.2, -0.15) is 0 Å². The molecule has 1 fully saturated rings. The average Bonchev–Trinajstić information content (AvgIpc) is 2.16. The second-order valence-corrected chi connectivity index (χ2v) is 2.66. The summed E-state index contributed by atoms with van der Waals surface area (Å²) in [5.74, 6) is -1.28. The summed E-state index contributed by atoms with van der Waals surface area (Å²) in [5.41, 5.74) is 0. The predicted molar refractivity (Wildman–Crippen MR) is 37.1 cm³/mol. The van der Waals surface area contributed by atoms with E-state index >= 15 is 0 Å². The predicted octanol–water partition coefficient (Wildman–Crippen LogP) is -0.776. The number of ether oxygens (including phenoxy) is 2. The first-order chi connectivity index (χ1) is 5.52. The highest BCUT2D eigenvalue weighted by Crippen LogP contribution is 2.18. The van der Waals surface area contributed by atoms with Gasteiger partial charge in [-0.15, -0.1) is 0 Å². The number of carbonyl (C=O) groups excluding carboxylic acids is 2. The largest absolute Gasteiger partial charge is 0.457 e. The topological polar surface area (TPSA) is 72.8 Å². The average molecular weight is 174 g/mol. The number of rotatable bonds is 1. The van der Waals surface area contributed by atoms with Gasteiger partial charge in [0.25, 0.3) is 0 Å². The van der Waals surface area contributed by atoms with E-state index in [1.165, 1.54) is 6.92 Å². The lowest BCUT2D eigenvalue weighted by atomic mass is 10.2. The molecule has 0 saturated carbocycles. The van der Waals surface area contributed by atoms with E-state index in [4.69, 9.17) is 5.11 Å². The van der Waals surface area contributed by atoms with Crippen LogP contribution in [0.2, 0.25) is 0 Å². The summed E-state index contributed by atoms with van der Waals surface area (Å²) in [4.78, 5) is 21.2. The van der Waals surface area contributed by atoms with E-state index in [0.29, 0.717) is 0 Å². The minimum atomic E-state index is -1.34. The van der Waals surface area contributed by atoms with Gasteiger partial charge in [-0.3, -0.25) is 4.79 Å². The van der Waals surface area contributed by atoms with Crippen molar-refractivity contribution in [2.45, 2.75) is 32.2 Å². The molecule has 0 bridgehead atoms. The van der Waals surface area contributed by atoms with Crippen LogP contribution in [0, 0.1) is 0 Å². The Kier molecular flexibility index (Phi) is 2.32. The molecule has 0 aromatic carbocycles. The van der Waals surface area contributed by atoms with Gasteiger partial charge in [0.1, 0.15) is 6.10 Å². The van der Waals surface area contributed by atoms with Crippen LogP contribution in [0.1, 0.15) is 13.8 Å². The van der Waals surface area contributed by atoms with E-state index in [-0.39, 0.29) is 0 Å². The molecule has 1 saturated heterocycles. The highest BCUT2D eigenvalue weighted by Gasteiger charge is 2.43. The van der Waals surface area contributed by atoms with E-state index < -0.39 is 30.3 Å². The van der Waals surface area contributed by atoms with E-state index in [1.807, 2.05) is 0 Å². The fourth-order valence-corrected chi connectivity index (χ4v) is 1.06. The highest BCUT2D eigenvalue weighted by atomic mass is 16.6. The summed E-state index contributed by atoms with van der Waals surface area (Å²) in [5, 5.41) is 9.12. The molecule has 1 aliphatic rings. The van der Waals surface area contributed by atoms with E-state index in [2.05, 4.69) is 9.47 Å². The molecule has 0 amide bonds. The van der Waals surface area contributed by atoms with Crippen LogP contribution in [0.3, 0.4) is 0 Å². The Morgan fingerprint density at radius 2 is 2.25 bits per heavy atom. The van der Waals surface area contributed by atoms with Crippen molar-refractivity contribution in [2.24, 2.45) is 0 Å². The lowest BCUT2D eigenvalue weighted by Crippen LogP contribution is -2.34. The lowest BCUT2D eigenvalue weighted by molar-refractivity contribution is -0.152. The Labute approximate surface area is 69.3 Å². The van der Waals surface area contributed by atoms with Gasteiger partial charge in [-0.25, -0.2) is 4.79 Å². The minimum absolute atomic E-state index is 0.538. The van der Waals surface area contributed by atoms with Gasteiger partial charge in [0.05, 0.1) is 0 Å². The first kappa shape index (κ1) is 8.99. The van der Waals surface area contributed by atoms with Crippen LogP contribution in [0.25, 0.3) is 0 Å². The normalized spacial score (nSPS) is 34.6. The van der Waals surface area contributed by atoms with Gasteiger partial charge < -0.3 is 14.6 Å². The highest BCUT2D eigenvalue weighted by molar-refractivity contribution is 5.78. The molecule has 3 atom stereocenters. The molecular formula is C7H10O5. The van der Waals surface area contributed by atoms with Crippen LogP contribution in [-0.4, -0.2) is 35.4 Å². The van der Waals surface area contributed by atoms with Crippen LogP contribution < -0.4 is 0 Å². The molecule has 1 N–H and O–H groups in total. The Bertz CT molecular complexity index is 212. The molecule has 0 radical (unpaired) electrons. The number of carbonyl (C=O) groups is 2. The molecule has 68 valence electrons. The summed E-state index contributed by atoms with van der Waals surface area (Å²) in [6.45, 7) is 2.77. The molecule has 0 spiro atoms. The van der Waals surface area contributed by atoms with Crippen molar-refractivity contribution in [3.05, 3.63) is 0 Å². The lowest BCUT2D eigenvalue weighted by Gasteiger charge is -2.14. The first-order valence-corrected chi connectivity index (χ1v) is 3.58. The van der Waals surface area contributed by atoms with Crippen molar-refractivity contribution in [1.29, 1.82) is 0 Å². The summed E-state index contributed by atoms with van der Waals surface area (Å²) in [7, 11) is 0. The molecule has 1 heterocycles. The Balaban J connectivity index is 2.63. The summed E-state index contributed by atoms with van der Waals surface area (Å²) >= 11 is 0. The van der Waals surface area contributed by atoms with Gasteiger partial charge in [0, 0.05) is 6.92 Å². The van der Waals surface area contributed by atoms with Gasteiger partial charge >= 0.3 is 11.9 Å². The monoisotopic (exact) mass is 174 g/mol. The standard InChI is InChI=1S/C7H10O5/c1-3-6(12-4(2)8)5(9)7(10)11-3/h3,5-6,9H,1-2H3. The van der Waals surface area contributed by atoms with E-state index in [1.54, 1.807) is 6.92 Å². The van der Waals surface area contributed by atoms with Crippen molar-refractivity contribution in [3.8, 4) is 0 Å². The Morgan fingerprint density at radius 3 is 2.58 bits per heavy atom. The Morgan fingerprint density at radius 1 is 1.67 bits per heavy atom. The number of aliphatic hydroxyl groups is 1. The maximum absolute atomic E-state index is 10.7. The molecule has 5 nitrogen and oxygen atoms in total. The summed E-state index contributed by atoms with van der Waals surface area (Å²) < 4.78 is 9.29. The number of aliphatic hydroxyl groups excluding tert-OH is 1. The fourth-order valence-electron chi connectivity index (χ4n) is 1.06. The Hall–Kier alpha value is -1.10. The van der Waals surface area contributed by atoms with Crippen LogP contribution in [0.4, 0.5) is 0 Å². The van der Waals surface area contributed by atoms with Gasteiger partial charge in [-0.1, -0.05) is 0 Å². The molecule has 0 aliphatic carbocycles. The zero-order chi connectivity index (χ0) is 9.30. The van der Waals surface area contributed by atoms with Crippen LogP contribution >= 0.6 is 0 Å². The second-order valence-electron chi connectivity index (χ2n) is 2.66. The zero-order valence-electron chi connectivity index (χ0n) is 6.81. The smallest absolute Gasteiger partial charge is 0.339 e. The van der Waals surface area contributed by atoms with Gasteiger partial charge in [-0.05, 0) is 6.92 Å². The number of esters is 2. The quantitative estimate of drug-likeness (QED) is 0.528. The maximum atomic E-state index is 10.7. The van der Waals surface area contributed by atoms with Crippen molar-refractivity contribution in [1.82, 2.24) is 0 Å². The molecule has 12 heavy (non-hydrogen) atoms. The van der Waals surface area contributed by atoms with Crippen molar-refractivity contribution >= 4 is 11.9 Å². The fraction of sp³-hybridized carbons (Fsp3) is 0.714. The maximum Gasteiger partial charge on any atom is 0.339 e.